The molecule has 0 saturated heterocycles. The zero-order chi connectivity index (χ0) is 19.6. The second kappa shape index (κ2) is 11.0. The van der Waals surface area contributed by atoms with Gasteiger partial charge in [-0.15, -0.1) is 0 Å². The number of allylic oxidation sites excluding steroid dienone is 1. The van der Waals surface area contributed by atoms with Crippen LogP contribution in [0.3, 0.4) is 0 Å². The fraction of sp³-hybridized carbons (Fsp3) is 0.762. The van der Waals surface area contributed by atoms with Crippen LogP contribution in [-0.2, 0) is 9.53 Å². The topological polar surface area (TPSA) is 78.8 Å². The van der Waals surface area contributed by atoms with Crippen LogP contribution in [0.5, 0.6) is 0 Å². The Labute approximate surface area is 158 Å². The molecule has 1 saturated carbocycles. The first-order chi connectivity index (χ1) is 12.3. The van der Waals surface area contributed by atoms with Crippen molar-refractivity contribution in [2.45, 2.75) is 64.4 Å². The average molecular weight is 368 g/mol. The number of aliphatic hydroxyl groups excluding tert-OH is 1. The maximum absolute atomic E-state index is 11.7. The predicted molar refractivity (Wildman–Crippen MR) is 105 cm³/mol. The van der Waals surface area contributed by atoms with E-state index in [1.165, 1.54) is 5.57 Å². The van der Waals surface area contributed by atoms with Gasteiger partial charge >= 0.3 is 0 Å². The summed E-state index contributed by atoms with van der Waals surface area (Å²) in [6.45, 7) is 9.19. The molecule has 5 nitrogen and oxygen atoms in total. The van der Waals surface area contributed by atoms with Crippen molar-refractivity contribution in [3.05, 3.63) is 23.8 Å². The van der Waals surface area contributed by atoms with Crippen molar-refractivity contribution in [3.8, 4) is 0 Å². The molecule has 0 aliphatic heterocycles. The van der Waals surface area contributed by atoms with Gasteiger partial charge in [0.2, 0.25) is 0 Å². The third-order valence-corrected chi connectivity index (χ3v) is 5.51. The second-order valence-electron chi connectivity index (χ2n) is 7.86. The number of aliphatic hydroxyl groups is 2. The lowest BCUT2D eigenvalue weighted by Crippen LogP contribution is -2.49. The molecule has 0 radical (unpaired) electrons. The van der Waals surface area contributed by atoms with E-state index in [4.69, 9.17) is 4.74 Å². The van der Waals surface area contributed by atoms with Crippen LogP contribution in [0.25, 0.3) is 0 Å². The number of rotatable bonds is 13. The van der Waals surface area contributed by atoms with Crippen molar-refractivity contribution in [3.63, 3.8) is 0 Å². The molecule has 1 atom stereocenters. The van der Waals surface area contributed by atoms with Gasteiger partial charge < -0.3 is 20.3 Å². The molecule has 0 aromatic rings. The highest BCUT2D eigenvalue weighted by molar-refractivity contribution is 5.78. The fourth-order valence-electron chi connectivity index (χ4n) is 3.53. The highest BCUT2D eigenvalue weighted by Crippen LogP contribution is 2.41. The monoisotopic (exact) mass is 367 g/mol. The minimum Gasteiger partial charge on any atom is -0.396 e. The lowest BCUT2D eigenvalue weighted by Gasteiger charge is -2.42. The fourth-order valence-corrected chi connectivity index (χ4v) is 3.53. The Morgan fingerprint density at radius 3 is 2.50 bits per heavy atom. The van der Waals surface area contributed by atoms with E-state index in [0.29, 0.717) is 32.5 Å². The molecule has 0 aromatic heterocycles. The first-order valence-corrected chi connectivity index (χ1v) is 9.72. The molecular weight excluding hydrogens is 330 g/mol. The van der Waals surface area contributed by atoms with Gasteiger partial charge in [0.1, 0.15) is 11.4 Å². The van der Waals surface area contributed by atoms with Gasteiger partial charge in [0.05, 0.1) is 13.2 Å². The Hall–Kier alpha value is -1.01. The summed E-state index contributed by atoms with van der Waals surface area (Å²) < 4.78 is 4.92. The van der Waals surface area contributed by atoms with Crippen LogP contribution in [0.4, 0.5) is 0 Å². The molecule has 1 fully saturated rings. The van der Waals surface area contributed by atoms with Crippen molar-refractivity contribution in [2.75, 3.05) is 33.4 Å². The molecule has 0 bridgehead atoms. The van der Waals surface area contributed by atoms with E-state index in [-0.39, 0.29) is 12.4 Å². The Balaban J connectivity index is 2.71. The molecule has 1 aliphatic carbocycles. The summed E-state index contributed by atoms with van der Waals surface area (Å²) in [5.41, 5.74) is 0.257. The molecule has 0 spiro atoms. The Morgan fingerprint density at radius 2 is 1.96 bits per heavy atom. The number of carbonyl (C=O) groups excluding carboxylic acids is 1. The molecule has 5 heteroatoms. The number of hydrogen-bond acceptors (Lipinski definition) is 5. The largest absolute Gasteiger partial charge is 0.396 e. The minimum absolute atomic E-state index is 0.125. The normalized spacial score (nSPS) is 17.2. The maximum atomic E-state index is 11.7. The van der Waals surface area contributed by atoms with Gasteiger partial charge in [-0.05, 0) is 44.2 Å². The number of carbonyl (C=O) groups is 1. The zero-order valence-corrected chi connectivity index (χ0v) is 16.8. The summed E-state index contributed by atoms with van der Waals surface area (Å²) in [5, 5.41) is 24.5. The Bertz CT molecular complexity index is 490. The molecule has 1 rings (SSSR count). The number of ketones is 1. The van der Waals surface area contributed by atoms with E-state index < -0.39 is 11.0 Å². The first kappa shape index (κ1) is 23.0. The Kier molecular flexibility index (Phi) is 9.72. The van der Waals surface area contributed by atoms with Crippen molar-refractivity contribution >= 4 is 5.78 Å². The van der Waals surface area contributed by atoms with Crippen LogP contribution in [0.1, 0.15) is 58.8 Å². The van der Waals surface area contributed by atoms with E-state index in [1.54, 1.807) is 13.2 Å². The smallest absolute Gasteiger partial charge is 0.135 e. The van der Waals surface area contributed by atoms with Gasteiger partial charge in [-0.25, -0.2) is 0 Å². The van der Waals surface area contributed by atoms with Crippen molar-refractivity contribution in [1.29, 1.82) is 0 Å². The molecule has 0 amide bonds. The van der Waals surface area contributed by atoms with Crippen molar-refractivity contribution in [2.24, 2.45) is 5.41 Å². The number of nitrogens with one attached hydrogen (secondary N) is 1. The Morgan fingerprint density at radius 1 is 1.31 bits per heavy atom. The lowest BCUT2D eigenvalue weighted by molar-refractivity contribution is -0.120. The highest BCUT2D eigenvalue weighted by Gasteiger charge is 2.44. The van der Waals surface area contributed by atoms with E-state index in [1.807, 2.05) is 13.8 Å². The van der Waals surface area contributed by atoms with Gasteiger partial charge in [-0.3, -0.25) is 4.79 Å². The SMILES string of the molecule is C=CC(O)(C(CNCCCC(=O)CCOC)=C1CCCC1)C(C)(C)CO. The van der Waals surface area contributed by atoms with Crippen molar-refractivity contribution in [1.82, 2.24) is 5.32 Å². The van der Waals surface area contributed by atoms with Crippen LogP contribution in [0.2, 0.25) is 0 Å². The van der Waals surface area contributed by atoms with E-state index >= 15 is 0 Å². The number of Topliss-reactive ketones (excluding diaryl/α,β-unsaturated/α-hetero) is 1. The van der Waals surface area contributed by atoms with E-state index in [0.717, 1.165) is 37.7 Å². The molecule has 0 aromatic carbocycles. The molecule has 0 heterocycles. The molecular formula is C21H37NO4. The van der Waals surface area contributed by atoms with E-state index in [9.17, 15) is 15.0 Å². The summed E-state index contributed by atoms with van der Waals surface area (Å²) in [6.07, 6.45) is 7.59. The third kappa shape index (κ3) is 6.02. The maximum Gasteiger partial charge on any atom is 0.135 e. The molecule has 3 N–H and O–H groups in total. The summed E-state index contributed by atoms with van der Waals surface area (Å²) in [6, 6.07) is 0. The molecule has 1 unspecified atom stereocenters. The number of methoxy groups -OCH3 is 1. The minimum atomic E-state index is -1.25. The summed E-state index contributed by atoms with van der Waals surface area (Å²) in [7, 11) is 1.60. The van der Waals surface area contributed by atoms with Gasteiger partial charge in [0, 0.05) is 31.9 Å². The van der Waals surface area contributed by atoms with Crippen LogP contribution in [0, 0.1) is 5.41 Å². The number of ether oxygens (including phenoxy) is 1. The molecule has 150 valence electrons. The van der Waals surface area contributed by atoms with Crippen LogP contribution in [-0.4, -0.2) is 55.0 Å². The summed E-state index contributed by atoms with van der Waals surface area (Å²) >= 11 is 0. The third-order valence-electron chi connectivity index (χ3n) is 5.51. The van der Waals surface area contributed by atoms with Gasteiger partial charge in [-0.2, -0.15) is 0 Å². The van der Waals surface area contributed by atoms with Crippen molar-refractivity contribution < 1.29 is 19.7 Å². The zero-order valence-electron chi connectivity index (χ0n) is 16.8. The van der Waals surface area contributed by atoms with Crippen LogP contribution < -0.4 is 5.32 Å². The van der Waals surface area contributed by atoms with E-state index in [2.05, 4.69) is 11.9 Å². The van der Waals surface area contributed by atoms with Crippen LogP contribution in [0.15, 0.2) is 23.8 Å². The van der Waals surface area contributed by atoms with Gasteiger partial charge in [-0.1, -0.05) is 32.1 Å². The first-order valence-electron chi connectivity index (χ1n) is 9.72. The number of hydrogen-bond donors (Lipinski definition) is 3. The summed E-state index contributed by atoms with van der Waals surface area (Å²) in [4.78, 5) is 11.7. The molecule has 26 heavy (non-hydrogen) atoms. The van der Waals surface area contributed by atoms with Crippen LogP contribution >= 0.6 is 0 Å². The highest BCUT2D eigenvalue weighted by atomic mass is 16.5. The van der Waals surface area contributed by atoms with Gasteiger partial charge in [0.25, 0.3) is 0 Å². The van der Waals surface area contributed by atoms with Gasteiger partial charge in [0.15, 0.2) is 0 Å². The standard InChI is InChI=1S/C21H37NO4/c1-5-21(25,20(2,3)16-23)19(17-9-6-7-10-17)15-22-13-8-11-18(24)12-14-26-4/h5,22-23,25H,1,6-16H2,2-4H3. The lowest BCUT2D eigenvalue weighted by atomic mass is 9.69. The quantitative estimate of drug-likeness (QED) is 0.345. The molecule has 1 aliphatic rings. The summed E-state index contributed by atoms with van der Waals surface area (Å²) in [5.74, 6) is 0.215. The average Bonchev–Trinajstić information content (AvgIpc) is 3.16. The second-order valence-corrected chi connectivity index (χ2v) is 7.86. The predicted octanol–water partition coefficient (Wildman–Crippen LogP) is 2.77.